The van der Waals surface area contributed by atoms with Crippen molar-refractivity contribution in [2.45, 2.75) is 26.4 Å². The predicted octanol–water partition coefficient (Wildman–Crippen LogP) is 4.29. The summed E-state index contributed by atoms with van der Waals surface area (Å²) in [6, 6.07) is 17.7. The molecular formula is C21H23NO3. The molecule has 130 valence electrons. The fourth-order valence-electron chi connectivity index (χ4n) is 3.10. The summed E-state index contributed by atoms with van der Waals surface area (Å²) in [7, 11) is 1.60. The SMILES string of the molecule is COc1ccc2c(CN[C@H](c3ccccc3)C(C)C)cc(=O)oc2c1. The first-order chi connectivity index (χ1) is 12.1. The van der Waals surface area contributed by atoms with Crippen molar-refractivity contribution in [1.82, 2.24) is 5.32 Å². The first-order valence-electron chi connectivity index (χ1n) is 8.47. The quantitative estimate of drug-likeness (QED) is 0.682. The zero-order valence-electron chi connectivity index (χ0n) is 14.8. The molecule has 0 radical (unpaired) electrons. The first kappa shape index (κ1) is 17.2. The van der Waals surface area contributed by atoms with E-state index in [-0.39, 0.29) is 11.7 Å². The van der Waals surface area contributed by atoms with Crippen LogP contribution in [0.1, 0.15) is 31.0 Å². The molecule has 0 bridgehead atoms. The van der Waals surface area contributed by atoms with Gasteiger partial charge in [-0.15, -0.1) is 0 Å². The molecule has 0 aliphatic carbocycles. The number of hydrogen-bond acceptors (Lipinski definition) is 4. The van der Waals surface area contributed by atoms with Gasteiger partial charge in [0.25, 0.3) is 0 Å². The van der Waals surface area contributed by atoms with Gasteiger partial charge < -0.3 is 14.5 Å². The Morgan fingerprint density at radius 3 is 2.52 bits per heavy atom. The summed E-state index contributed by atoms with van der Waals surface area (Å²) >= 11 is 0. The minimum Gasteiger partial charge on any atom is -0.497 e. The molecule has 1 N–H and O–H groups in total. The van der Waals surface area contributed by atoms with Gasteiger partial charge in [-0.2, -0.15) is 0 Å². The molecule has 0 aliphatic rings. The third kappa shape index (κ3) is 3.91. The number of hydrogen-bond donors (Lipinski definition) is 1. The summed E-state index contributed by atoms with van der Waals surface area (Å²) < 4.78 is 10.5. The molecule has 1 atom stereocenters. The standard InChI is InChI=1S/C21H23NO3/c1-14(2)21(15-7-5-4-6-8-15)22-13-16-11-20(23)25-19-12-17(24-3)9-10-18(16)19/h4-12,14,21-22H,13H2,1-3H3/t21-/m0/s1. The molecule has 25 heavy (non-hydrogen) atoms. The van der Waals surface area contributed by atoms with Gasteiger partial charge in [-0.3, -0.25) is 0 Å². The fraction of sp³-hybridized carbons (Fsp3) is 0.286. The maximum atomic E-state index is 11.9. The molecule has 1 aromatic heterocycles. The largest absolute Gasteiger partial charge is 0.497 e. The highest BCUT2D eigenvalue weighted by atomic mass is 16.5. The lowest BCUT2D eigenvalue weighted by atomic mass is 9.95. The third-order valence-corrected chi connectivity index (χ3v) is 4.38. The average molecular weight is 337 g/mol. The number of fused-ring (bicyclic) bond motifs is 1. The van der Waals surface area contributed by atoms with Crippen molar-refractivity contribution >= 4 is 11.0 Å². The van der Waals surface area contributed by atoms with Crippen LogP contribution in [-0.2, 0) is 6.54 Å². The Labute approximate surface area is 147 Å². The Morgan fingerprint density at radius 2 is 1.84 bits per heavy atom. The van der Waals surface area contributed by atoms with Gasteiger partial charge in [0.15, 0.2) is 0 Å². The van der Waals surface area contributed by atoms with Gasteiger partial charge in [0.1, 0.15) is 11.3 Å². The Kier molecular flexibility index (Phi) is 5.19. The minimum absolute atomic E-state index is 0.210. The van der Waals surface area contributed by atoms with E-state index < -0.39 is 0 Å². The van der Waals surface area contributed by atoms with E-state index in [9.17, 15) is 4.79 Å². The predicted molar refractivity (Wildman–Crippen MR) is 99.9 cm³/mol. The second-order valence-electron chi connectivity index (χ2n) is 6.47. The maximum Gasteiger partial charge on any atom is 0.336 e. The van der Waals surface area contributed by atoms with Crippen LogP contribution in [0.25, 0.3) is 11.0 Å². The van der Waals surface area contributed by atoms with Gasteiger partial charge in [0.05, 0.1) is 7.11 Å². The lowest BCUT2D eigenvalue weighted by Crippen LogP contribution is -2.25. The van der Waals surface area contributed by atoms with Crippen LogP contribution in [0.2, 0.25) is 0 Å². The Bertz CT molecular complexity index is 900. The molecular weight excluding hydrogens is 314 g/mol. The van der Waals surface area contributed by atoms with Crippen molar-refractivity contribution in [3.63, 3.8) is 0 Å². The van der Waals surface area contributed by atoms with E-state index in [0.717, 1.165) is 10.9 Å². The molecule has 1 heterocycles. The van der Waals surface area contributed by atoms with E-state index in [0.29, 0.717) is 23.8 Å². The second-order valence-corrected chi connectivity index (χ2v) is 6.47. The third-order valence-electron chi connectivity index (χ3n) is 4.38. The van der Waals surface area contributed by atoms with Crippen LogP contribution < -0.4 is 15.7 Å². The van der Waals surface area contributed by atoms with Crippen LogP contribution in [0.3, 0.4) is 0 Å². The summed E-state index contributed by atoms with van der Waals surface area (Å²) in [6.45, 7) is 4.96. The van der Waals surface area contributed by atoms with Gasteiger partial charge in [-0.25, -0.2) is 4.79 Å². The van der Waals surface area contributed by atoms with Crippen LogP contribution in [0.5, 0.6) is 5.75 Å². The first-order valence-corrected chi connectivity index (χ1v) is 8.47. The average Bonchev–Trinajstić information content (AvgIpc) is 2.61. The van der Waals surface area contributed by atoms with E-state index in [1.165, 1.54) is 5.56 Å². The molecule has 3 rings (SSSR count). The molecule has 0 amide bonds. The van der Waals surface area contributed by atoms with E-state index in [1.807, 2.05) is 30.3 Å². The fourth-order valence-corrected chi connectivity index (χ4v) is 3.10. The van der Waals surface area contributed by atoms with Crippen molar-refractivity contribution in [3.05, 3.63) is 76.1 Å². The number of rotatable bonds is 6. The number of ether oxygens (including phenoxy) is 1. The smallest absolute Gasteiger partial charge is 0.336 e. The second kappa shape index (κ2) is 7.53. The normalized spacial score (nSPS) is 12.5. The molecule has 4 nitrogen and oxygen atoms in total. The van der Waals surface area contributed by atoms with Crippen molar-refractivity contribution in [2.24, 2.45) is 5.92 Å². The van der Waals surface area contributed by atoms with Gasteiger partial charge in [-0.05, 0) is 29.2 Å². The molecule has 2 aromatic carbocycles. The zero-order chi connectivity index (χ0) is 17.8. The van der Waals surface area contributed by atoms with Crippen molar-refractivity contribution in [3.8, 4) is 5.75 Å². The Morgan fingerprint density at radius 1 is 1.08 bits per heavy atom. The number of methoxy groups -OCH3 is 1. The lowest BCUT2D eigenvalue weighted by Gasteiger charge is -2.23. The highest BCUT2D eigenvalue weighted by molar-refractivity contribution is 5.81. The van der Waals surface area contributed by atoms with Crippen LogP contribution in [-0.4, -0.2) is 7.11 Å². The molecule has 3 aromatic rings. The lowest BCUT2D eigenvalue weighted by molar-refractivity contribution is 0.409. The summed E-state index contributed by atoms with van der Waals surface area (Å²) in [6.07, 6.45) is 0. The Balaban J connectivity index is 1.90. The number of nitrogens with one attached hydrogen (secondary N) is 1. The summed E-state index contributed by atoms with van der Waals surface area (Å²) in [5.41, 5.74) is 2.37. The molecule has 4 heteroatoms. The Hall–Kier alpha value is -2.59. The van der Waals surface area contributed by atoms with Gasteiger partial charge in [0.2, 0.25) is 0 Å². The summed E-state index contributed by atoms with van der Waals surface area (Å²) in [5, 5.41) is 4.51. The molecule has 0 unspecified atom stereocenters. The zero-order valence-corrected chi connectivity index (χ0v) is 14.8. The maximum absolute atomic E-state index is 11.9. The molecule has 0 saturated carbocycles. The van der Waals surface area contributed by atoms with Crippen LogP contribution in [0.15, 0.2) is 63.8 Å². The van der Waals surface area contributed by atoms with Gasteiger partial charge >= 0.3 is 5.63 Å². The van der Waals surface area contributed by atoms with Crippen LogP contribution in [0.4, 0.5) is 0 Å². The van der Waals surface area contributed by atoms with Crippen molar-refractivity contribution in [1.29, 1.82) is 0 Å². The van der Waals surface area contributed by atoms with Crippen LogP contribution >= 0.6 is 0 Å². The minimum atomic E-state index is -0.349. The van der Waals surface area contributed by atoms with E-state index in [2.05, 4.69) is 31.3 Å². The van der Waals surface area contributed by atoms with Crippen LogP contribution in [0, 0.1) is 5.92 Å². The molecule has 0 aliphatic heterocycles. The van der Waals surface area contributed by atoms with Gasteiger partial charge in [0, 0.05) is 30.1 Å². The van der Waals surface area contributed by atoms with Gasteiger partial charge in [-0.1, -0.05) is 44.2 Å². The van der Waals surface area contributed by atoms with E-state index in [4.69, 9.17) is 9.15 Å². The molecule has 0 saturated heterocycles. The molecule has 0 fully saturated rings. The van der Waals surface area contributed by atoms with Crippen molar-refractivity contribution < 1.29 is 9.15 Å². The monoisotopic (exact) mass is 337 g/mol. The van der Waals surface area contributed by atoms with E-state index >= 15 is 0 Å². The van der Waals surface area contributed by atoms with Crippen molar-refractivity contribution in [2.75, 3.05) is 7.11 Å². The molecule has 0 spiro atoms. The van der Waals surface area contributed by atoms with E-state index in [1.54, 1.807) is 19.2 Å². The number of benzene rings is 2. The topological polar surface area (TPSA) is 51.5 Å². The highest BCUT2D eigenvalue weighted by Gasteiger charge is 2.16. The summed E-state index contributed by atoms with van der Waals surface area (Å²) in [5.74, 6) is 1.10. The highest BCUT2D eigenvalue weighted by Crippen LogP contribution is 2.25. The summed E-state index contributed by atoms with van der Waals surface area (Å²) in [4.78, 5) is 11.9.